The molecule has 4 heterocycles. The lowest BCUT2D eigenvalue weighted by Crippen LogP contribution is -2.49. The molecule has 2 aliphatic heterocycles. The first-order valence-corrected chi connectivity index (χ1v) is 12.6. The number of ether oxygens (including phenoxy) is 1. The Labute approximate surface area is 209 Å². The van der Waals surface area contributed by atoms with E-state index in [1.54, 1.807) is 24.3 Å². The Morgan fingerprint density at radius 3 is 2.53 bits per heavy atom. The second-order valence-corrected chi connectivity index (χ2v) is 9.39. The van der Waals surface area contributed by atoms with Crippen LogP contribution >= 0.6 is 0 Å². The third-order valence-corrected chi connectivity index (χ3v) is 7.18. The van der Waals surface area contributed by atoms with Gasteiger partial charge in [0.05, 0.1) is 29.8 Å². The lowest BCUT2D eigenvalue weighted by molar-refractivity contribution is 0.0281. The standard InChI is InChI=1S/C25H33F2N7O2/c1-17-18(2)36-15-13-33(17)22-16-21(32-11-9-31(10-12-32)8-5-14-35)29-25(30-22)34-20-7-4-3-6-19(20)28-24(34)23(26)27/h3-4,6-7,16-18,23,35H,5,8-15H2,1-2H3. The number of rotatable bonds is 7. The number of aromatic nitrogens is 4. The number of hydrogen-bond acceptors (Lipinski definition) is 8. The van der Waals surface area contributed by atoms with E-state index < -0.39 is 6.43 Å². The maximum atomic E-state index is 14.1. The zero-order chi connectivity index (χ0) is 25.2. The second-order valence-electron chi connectivity index (χ2n) is 9.39. The largest absolute Gasteiger partial charge is 0.396 e. The van der Waals surface area contributed by atoms with E-state index in [0.29, 0.717) is 35.8 Å². The van der Waals surface area contributed by atoms with Crippen LogP contribution in [-0.2, 0) is 4.74 Å². The fraction of sp³-hybridized carbons (Fsp3) is 0.560. The van der Waals surface area contributed by atoms with Gasteiger partial charge in [0.15, 0.2) is 5.82 Å². The van der Waals surface area contributed by atoms with Gasteiger partial charge in [0.1, 0.15) is 11.6 Å². The van der Waals surface area contributed by atoms with Crippen LogP contribution in [0.25, 0.3) is 17.0 Å². The highest BCUT2D eigenvalue weighted by atomic mass is 19.3. The summed E-state index contributed by atoms with van der Waals surface area (Å²) in [6.07, 6.45) is -2.01. The van der Waals surface area contributed by atoms with Gasteiger partial charge in [0, 0.05) is 51.9 Å². The lowest BCUT2D eigenvalue weighted by Gasteiger charge is -2.39. The number of alkyl halides is 2. The highest BCUT2D eigenvalue weighted by Gasteiger charge is 2.30. The fourth-order valence-electron chi connectivity index (χ4n) is 4.97. The van der Waals surface area contributed by atoms with Gasteiger partial charge >= 0.3 is 0 Å². The minimum absolute atomic E-state index is 0.0152. The van der Waals surface area contributed by atoms with Crippen molar-refractivity contribution >= 4 is 22.7 Å². The Balaban J connectivity index is 1.57. The molecule has 2 aliphatic rings. The van der Waals surface area contributed by atoms with Crippen molar-refractivity contribution in [2.75, 3.05) is 62.3 Å². The smallest absolute Gasteiger partial charge is 0.296 e. The van der Waals surface area contributed by atoms with Gasteiger partial charge in [-0.25, -0.2) is 13.8 Å². The van der Waals surface area contributed by atoms with Crippen molar-refractivity contribution in [3.8, 4) is 5.95 Å². The molecule has 3 aromatic rings. The maximum absolute atomic E-state index is 14.1. The van der Waals surface area contributed by atoms with Crippen LogP contribution < -0.4 is 9.80 Å². The summed E-state index contributed by atoms with van der Waals surface area (Å²) in [5, 5.41) is 9.15. The molecule has 9 nitrogen and oxygen atoms in total. The summed E-state index contributed by atoms with van der Waals surface area (Å²) in [5.41, 5.74) is 1.03. The second kappa shape index (κ2) is 10.6. The number of benzene rings is 1. The van der Waals surface area contributed by atoms with Crippen molar-refractivity contribution in [3.63, 3.8) is 0 Å². The van der Waals surface area contributed by atoms with E-state index in [9.17, 15) is 8.78 Å². The van der Waals surface area contributed by atoms with Gasteiger partial charge in [-0.3, -0.25) is 9.47 Å². The number of nitrogens with zero attached hydrogens (tertiary/aromatic N) is 7. The average molecular weight is 502 g/mol. The molecule has 2 saturated heterocycles. The van der Waals surface area contributed by atoms with Gasteiger partial charge in [-0.1, -0.05) is 12.1 Å². The summed E-state index contributed by atoms with van der Waals surface area (Å²) in [4.78, 5) is 20.5. The number of aliphatic hydroxyl groups excluding tert-OH is 1. The van der Waals surface area contributed by atoms with E-state index in [1.165, 1.54) is 4.57 Å². The molecule has 11 heteroatoms. The van der Waals surface area contributed by atoms with Gasteiger partial charge < -0.3 is 19.6 Å². The van der Waals surface area contributed by atoms with Crippen molar-refractivity contribution in [2.24, 2.45) is 0 Å². The van der Waals surface area contributed by atoms with E-state index in [2.05, 4.69) is 26.6 Å². The van der Waals surface area contributed by atoms with Crippen LogP contribution in [0.15, 0.2) is 30.3 Å². The molecule has 0 amide bonds. The van der Waals surface area contributed by atoms with Crippen molar-refractivity contribution in [3.05, 3.63) is 36.2 Å². The summed E-state index contributed by atoms with van der Waals surface area (Å²) in [5.74, 6) is 1.23. The van der Waals surface area contributed by atoms with Crippen LogP contribution in [0.2, 0.25) is 0 Å². The number of fused-ring (bicyclic) bond motifs is 1. The normalized spacial score (nSPS) is 21.6. The number of aliphatic hydroxyl groups is 1. The first-order valence-electron chi connectivity index (χ1n) is 12.6. The third kappa shape index (κ3) is 4.87. The zero-order valence-corrected chi connectivity index (χ0v) is 20.7. The molecule has 0 bridgehead atoms. The molecule has 194 valence electrons. The Kier molecular flexibility index (Phi) is 7.31. The van der Waals surface area contributed by atoms with E-state index in [4.69, 9.17) is 19.8 Å². The molecule has 1 N–H and O–H groups in total. The van der Waals surface area contributed by atoms with E-state index >= 15 is 0 Å². The molecular formula is C25H33F2N7O2. The van der Waals surface area contributed by atoms with Crippen molar-refractivity contribution in [2.45, 2.75) is 38.8 Å². The van der Waals surface area contributed by atoms with Gasteiger partial charge in [0.2, 0.25) is 5.95 Å². The van der Waals surface area contributed by atoms with Gasteiger partial charge in [-0.2, -0.15) is 9.97 Å². The van der Waals surface area contributed by atoms with E-state index in [1.807, 2.05) is 13.0 Å². The van der Waals surface area contributed by atoms with Crippen LogP contribution in [0, 0.1) is 0 Å². The summed E-state index contributed by atoms with van der Waals surface area (Å²) < 4.78 is 35.4. The predicted octanol–water partition coefficient (Wildman–Crippen LogP) is 2.87. The first-order chi connectivity index (χ1) is 17.5. The number of hydrogen-bond donors (Lipinski definition) is 1. The molecule has 1 aromatic carbocycles. The number of imidazole rings is 1. The number of halogens is 2. The van der Waals surface area contributed by atoms with Crippen LogP contribution in [0.4, 0.5) is 20.4 Å². The fourth-order valence-corrected chi connectivity index (χ4v) is 4.97. The number of piperazine rings is 1. The van der Waals surface area contributed by atoms with Crippen molar-refractivity contribution < 1.29 is 18.6 Å². The Morgan fingerprint density at radius 2 is 1.78 bits per heavy atom. The highest BCUT2D eigenvalue weighted by Crippen LogP contribution is 2.31. The topological polar surface area (TPSA) is 82.8 Å². The maximum Gasteiger partial charge on any atom is 0.296 e. The Morgan fingerprint density at radius 1 is 1.03 bits per heavy atom. The van der Waals surface area contributed by atoms with Crippen LogP contribution in [0.5, 0.6) is 0 Å². The lowest BCUT2D eigenvalue weighted by atomic mass is 10.1. The molecule has 0 spiro atoms. The van der Waals surface area contributed by atoms with Crippen LogP contribution in [-0.4, -0.2) is 94.2 Å². The Hall–Kier alpha value is -2.89. The molecule has 2 fully saturated rings. The van der Waals surface area contributed by atoms with Crippen LogP contribution in [0.1, 0.15) is 32.5 Å². The van der Waals surface area contributed by atoms with E-state index in [-0.39, 0.29) is 30.5 Å². The molecule has 36 heavy (non-hydrogen) atoms. The molecule has 2 unspecified atom stereocenters. The predicted molar refractivity (Wildman–Crippen MR) is 134 cm³/mol. The summed E-state index contributed by atoms with van der Waals surface area (Å²) in [7, 11) is 0. The first kappa shape index (κ1) is 24.8. The SMILES string of the molecule is CC1OCCN(c2cc(N3CCN(CCCO)CC3)nc(-n3c(C(F)F)nc4ccccc43)n2)C1C. The number of anilines is 2. The molecule has 0 radical (unpaired) electrons. The summed E-state index contributed by atoms with van der Waals surface area (Å²) in [6.45, 7) is 9.57. The van der Waals surface area contributed by atoms with Crippen molar-refractivity contribution in [1.82, 2.24) is 24.4 Å². The monoisotopic (exact) mass is 501 g/mol. The number of morpholine rings is 1. The third-order valence-electron chi connectivity index (χ3n) is 7.18. The minimum atomic E-state index is -2.77. The number of para-hydroxylation sites is 2. The minimum Gasteiger partial charge on any atom is -0.396 e. The van der Waals surface area contributed by atoms with Crippen molar-refractivity contribution in [1.29, 1.82) is 0 Å². The highest BCUT2D eigenvalue weighted by molar-refractivity contribution is 5.78. The molecule has 5 rings (SSSR count). The molecular weight excluding hydrogens is 468 g/mol. The molecule has 0 saturated carbocycles. The van der Waals surface area contributed by atoms with Gasteiger partial charge in [0.25, 0.3) is 6.43 Å². The molecule has 2 atom stereocenters. The van der Waals surface area contributed by atoms with Gasteiger partial charge in [-0.15, -0.1) is 0 Å². The summed E-state index contributed by atoms with van der Waals surface area (Å²) >= 11 is 0. The van der Waals surface area contributed by atoms with Crippen LogP contribution in [0.3, 0.4) is 0 Å². The quantitative estimate of drug-likeness (QED) is 0.529. The Bertz CT molecular complexity index is 1180. The molecule has 0 aliphatic carbocycles. The summed E-state index contributed by atoms with van der Waals surface area (Å²) in [6, 6.07) is 9.10. The van der Waals surface area contributed by atoms with Gasteiger partial charge in [-0.05, 0) is 32.4 Å². The zero-order valence-electron chi connectivity index (χ0n) is 20.7. The van der Waals surface area contributed by atoms with E-state index in [0.717, 1.165) is 39.1 Å². The average Bonchev–Trinajstić information content (AvgIpc) is 3.29. The molecule has 2 aromatic heterocycles.